The van der Waals surface area contributed by atoms with E-state index in [-0.39, 0.29) is 16.9 Å². The molecule has 114 valence electrons. The topological polar surface area (TPSA) is 63.7 Å². The average molecular weight is 327 g/mol. The minimum absolute atomic E-state index is 0.00731. The number of amides is 1. The van der Waals surface area contributed by atoms with Crippen LogP contribution in [0.15, 0.2) is 6.07 Å². The molecule has 2 rings (SSSR count). The molecular weight excluding hydrogens is 310 g/mol. The maximum atomic E-state index is 12.2. The summed E-state index contributed by atoms with van der Waals surface area (Å²) in [6.07, 6.45) is 0.412. The van der Waals surface area contributed by atoms with Crippen LogP contribution in [0.1, 0.15) is 27.9 Å². The molecule has 1 aliphatic rings. The Labute approximate surface area is 131 Å². The maximum absolute atomic E-state index is 12.2. The van der Waals surface area contributed by atoms with Crippen LogP contribution in [0.3, 0.4) is 0 Å². The number of carbonyl (C=O) groups excluding carboxylic acids is 3. The molecule has 5 nitrogen and oxygen atoms in total. The summed E-state index contributed by atoms with van der Waals surface area (Å²) in [6, 6.07) is 1.84. The number of nitrogens with zero attached hydrogens (tertiary/aromatic N) is 1. The van der Waals surface area contributed by atoms with E-state index in [1.807, 2.05) is 13.0 Å². The van der Waals surface area contributed by atoms with Gasteiger partial charge in [-0.15, -0.1) is 11.3 Å². The summed E-state index contributed by atoms with van der Waals surface area (Å²) in [5.41, 5.74) is 0.629. The third-order valence-electron chi connectivity index (χ3n) is 3.22. The lowest BCUT2D eigenvalue weighted by Crippen LogP contribution is -2.26. The second-order valence-corrected chi connectivity index (χ2v) is 7.39. The third-order valence-corrected chi connectivity index (χ3v) is 5.29. The molecule has 0 radical (unpaired) electrons. The van der Waals surface area contributed by atoms with Gasteiger partial charge in [0.15, 0.2) is 5.12 Å². The molecule has 1 fully saturated rings. The van der Waals surface area contributed by atoms with E-state index in [1.165, 1.54) is 37.1 Å². The molecule has 0 saturated carbocycles. The summed E-state index contributed by atoms with van der Waals surface area (Å²) in [5.74, 6) is 0.343. The minimum atomic E-state index is -0.419. The van der Waals surface area contributed by atoms with Crippen LogP contribution in [0.25, 0.3) is 0 Å². The summed E-state index contributed by atoms with van der Waals surface area (Å²) in [7, 11) is 1.33. The summed E-state index contributed by atoms with van der Waals surface area (Å²) in [5, 5.41) is 0.0579. The van der Waals surface area contributed by atoms with Crippen molar-refractivity contribution >= 4 is 45.8 Å². The van der Waals surface area contributed by atoms with Crippen molar-refractivity contribution in [3.8, 4) is 0 Å². The number of carbonyl (C=O) groups is 3. The zero-order valence-electron chi connectivity index (χ0n) is 12.2. The smallest absolute Gasteiger partial charge is 0.350 e. The van der Waals surface area contributed by atoms with Gasteiger partial charge in [-0.05, 0) is 18.9 Å². The van der Waals surface area contributed by atoms with Crippen LogP contribution in [0.4, 0.5) is 5.69 Å². The average Bonchev–Trinajstić information content (AvgIpc) is 2.98. The van der Waals surface area contributed by atoms with Gasteiger partial charge in [0.05, 0.1) is 12.8 Å². The van der Waals surface area contributed by atoms with Crippen LogP contribution in [0.5, 0.6) is 0 Å². The fourth-order valence-electron chi connectivity index (χ4n) is 2.30. The fourth-order valence-corrected chi connectivity index (χ4v) is 3.93. The van der Waals surface area contributed by atoms with Crippen LogP contribution in [0.2, 0.25) is 0 Å². The molecule has 1 aliphatic heterocycles. The monoisotopic (exact) mass is 327 g/mol. The highest BCUT2D eigenvalue weighted by Crippen LogP contribution is 2.35. The first-order valence-electron chi connectivity index (χ1n) is 6.54. The SMILES string of the molecule is COC(=O)c1sc(C)cc1N1CC(CSC(C)=O)CC1=O. The highest BCUT2D eigenvalue weighted by molar-refractivity contribution is 8.13. The number of hydrogen-bond acceptors (Lipinski definition) is 6. The van der Waals surface area contributed by atoms with Crippen molar-refractivity contribution in [1.29, 1.82) is 0 Å². The van der Waals surface area contributed by atoms with Crippen molar-refractivity contribution in [3.63, 3.8) is 0 Å². The van der Waals surface area contributed by atoms with Gasteiger partial charge in [0, 0.05) is 30.5 Å². The van der Waals surface area contributed by atoms with Crippen LogP contribution in [0, 0.1) is 12.8 Å². The van der Waals surface area contributed by atoms with Crippen LogP contribution in [-0.4, -0.2) is 36.4 Å². The third kappa shape index (κ3) is 3.65. The minimum Gasteiger partial charge on any atom is -0.465 e. The standard InChI is InChI=1S/C14H17NO4S2/c1-8-4-11(13(21-8)14(18)19-3)15-6-10(5-12(15)17)7-20-9(2)16/h4,10H,5-7H2,1-3H3. The fraction of sp³-hybridized carbons (Fsp3) is 0.500. The molecule has 1 aromatic heterocycles. The molecule has 21 heavy (non-hydrogen) atoms. The largest absolute Gasteiger partial charge is 0.465 e. The number of aryl methyl sites for hydroxylation is 1. The molecule has 1 aromatic rings. The molecule has 1 atom stereocenters. The number of methoxy groups -OCH3 is 1. The lowest BCUT2D eigenvalue weighted by atomic mass is 10.1. The van der Waals surface area contributed by atoms with Gasteiger partial charge in [0.25, 0.3) is 0 Å². The van der Waals surface area contributed by atoms with Crippen molar-refractivity contribution in [2.45, 2.75) is 20.3 Å². The molecule has 0 aliphatic carbocycles. The van der Waals surface area contributed by atoms with Gasteiger partial charge in [-0.1, -0.05) is 11.8 Å². The molecule has 1 unspecified atom stereocenters. The van der Waals surface area contributed by atoms with Crippen molar-refractivity contribution in [2.75, 3.05) is 24.3 Å². The molecule has 2 heterocycles. The predicted molar refractivity (Wildman–Crippen MR) is 84.0 cm³/mol. The predicted octanol–water partition coefficient (Wildman–Crippen LogP) is 2.48. The van der Waals surface area contributed by atoms with E-state index in [4.69, 9.17) is 4.74 Å². The molecule has 0 bridgehead atoms. The van der Waals surface area contributed by atoms with Crippen molar-refractivity contribution in [2.24, 2.45) is 5.92 Å². The van der Waals surface area contributed by atoms with Crippen molar-refractivity contribution < 1.29 is 19.1 Å². The van der Waals surface area contributed by atoms with E-state index in [1.54, 1.807) is 4.90 Å². The van der Waals surface area contributed by atoms with E-state index < -0.39 is 5.97 Å². The number of thiophene rings is 1. The van der Waals surface area contributed by atoms with Gasteiger partial charge in [0.1, 0.15) is 4.88 Å². The van der Waals surface area contributed by atoms with E-state index >= 15 is 0 Å². The summed E-state index contributed by atoms with van der Waals surface area (Å²) < 4.78 is 4.78. The first kappa shape index (κ1) is 16.0. The Kier molecular flexibility index (Phi) is 5.05. The second kappa shape index (κ2) is 6.62. The van der Waals surface area contributed by atoms with E-state index in [2.05, 4.69) is 0 Å². The quantitative estimate of drug-likeness (QED) is 0.795. The summed E-state index contributed by atoms with van der Waals surface area (Å²) >= 11 is 2.57. The number of rotatable bonds is 4. The second-order valence-electron chi connectivity index (χ2n) is 4.94. The van der Waals surface area contributed by atoms with Gasteiger partial charge >= 0.3 is 5.97 Å². The molecule has 1 amide bonds. The first-order chi connectivity index (χ1) is 9.92. The van der Waals surface area contributed by atoms with Crippen molar-refractivity contribution in [3.05, 3.63) is 15.8 Å². The number of ether oxygens (including phenoxy) is 1. The molecule has 0 aromatic carbocycles. The Hall–Kier alpha value is -1.34. The van der Waals surface area contributed by atoms with Gasteiger partial charge < -0.3 is 9.64 Å². The maximum Gasteiger partial charge on any atom is 0.350 e. The van der Waals surface area contributed by atoms with Gasteiger partial charge in [-0.3, -0.25) is 9.59 Å². The lowest BCUT2D eigenvalue weighted by molar-refractivity contribution is -0.117. The molecule has 1 saturated heterocycles. The molecule has 0 N–H and O–H groups in total. The normalized spacial score (nSPS) is 18.1. The van der Waals surface area contributed by atoms with Gasteiger partial charge in [-0.25, -0.2) is 4.79 Å². The Bertz CT molecular complexity index is 582. The van der Waals surface area contributed by atoms with Crippen LogP contribution in [-0.2, 0) is 14.3 Å². The Morgan fingerprint density at radius 2 is 2.24 bits per heavy atom. The zero-order chi connectivity index (χ0) is 15.6. The molecular formula is C14H17NO4S2. The Balaban J connectivity index is 2.17. The summed E-state index contributed by atoms with van der Waals surface area (Å²) in [6.45, 7) is 3.96. The lowest BCUT2D eigenvalue weighted by Gasteiger charge is -2.16. The van der Waals surface area contributed by atoms with E-state index in [0.717, 1.165) is 4.88 Å². The number of hydrogen-bond donors (Lipinski definition) is 0. The van der Waals surface area contributed by atoms with Gasteiger partial charge in [0.2, 0.25) is 5.91 Å². The van der Waals surface area contributed by atoms with Crippen LogP contribution >= 0.6 is 23.1 Å². The highest BCUT2D eigenvalue weighted by atomic mass is 32.2. The van der Waals surface area contributed by atoms with Crippen molar-refractivity contribution in [1.82, 2.24) is 0 Å². The van der Waals surface area contributed by atoms with E-state index in [0.29, 0.717) is 29.3 Å². The Morgan fingerprint density at radius 1 is 1.52 bits per heavy atom. The number of thioether (sulfide) groups is 1. The van der Waals surface area contributed by atoms with Gasteiger partial charge in [-0.2, -0.15) is 0 Å². The zero-order valence-corrected chi connectivity index (χ0v) is 13.8. The summed E-state index contributed by atoms with van der Waals surface area (Å²) in [4.78, 5) is 38.1. The van der Waals surface area contributed by atoms with Crippen LogP contribution < -0.4 is 4.90 Å². The van der Waals surface area contributed by atoms with E-state index in [9.17, 15) is 14.4 Å². The number of esters is 1. The number of anilines is 1. The molecule has 0 spiro atoms. The highest BCUT2D eigenvalue weighted by Gasteiger charge is 2.34. The molecule has 7 heteroatoms. The Morgan fingerprint density at radius 3 is 2.86 bits per heavy atom. The first-order valence-corrected chi connectivity index (χ1v) is 8.35.